The predicted molar refractivity (Wildman–Crippen MR) is 82.5 cm³/mol. The van der Waals surface area contributed by atoms with Crippen LogP contribution in [0, 0.1) is 6.92 Å². The largest absolute Gasteiger partial charge is 0.382 e. The van der Waals surface area contributed by atoms with Crippen LogP contribution in [0.25, 0.3) is 5.69 Å². The first kappa shape index (κ1) is 13.9. The molecule has 1 aromatic carbocycles. The number of hydrogen-bond donors (Lipinski definition) is 2. The molecular weight excluding hydrogens is 288 g/mol. The van der Waals surface area contributed by atoms with E-state index >= 15 is 0 Å². The molecular formula is C14H18N4O2S. The summed E-state index contributed by atoms with van der Waals surface area (Å²) in [6.45, 7) is 1.96. The van der Waals surface area contributed by atoms with Gasteiger partial charge in [-0.1, -0.05) is 12.1 Å². The Morgan fingerprint density at radius 2 is 2.10 bits per heavy atom. The smallest absolute Gasteiger partial charge is 0.182 e. The van der Waals surface area contributed by atoms with Gasteiger partial charge in [-0.2, -0.15) is 0 Å². The lowest BCUT2D eigenvalue weighted by atomic mass is 10.2. The summed E-state index contributed by atoms with van der Waals surface area (Å²) in [7, 11) is -3.45. The number of aromatic nitrogens is 2. The molecule has 6 nitrogen and oxygen atoms in total. The average Bonchev–Trinajstić information content (AvgIpc) is 3.11. The SMILES string of the molecule is Cc1cccc(-n2nc(NC3CC3)c(S(C)(=O)=O)c2N)c1. The fourth-order valence-corrected chi connectivity index (χ4v) is 3.17. The number of hydrogen-bond acceptors (Lipinski definition) is 5. The average molecular weight is 306 g/mol. The van der Waals surface area contributed by atoms with E-state index in [1.54, 1.807) is 0 Å². The molecule has 0 saturated heterocycles. The maximum absolute atomic E-state index is 12.0. The molecule has 0 atom stereocenters. The van der Waals surface area contributed by atoms with E-state index in [2.05, 4.69) is 10.4 Å². The molecule has 1 aromatic heterocycles. The first-order valence-corrected chi connectivity index (χ1v) is 8.67. The molecule has 3 N–H and O–H groups in total. The lowest BCUT2D eigenvalue weighted by Crippen LogP contribution is -2.08. The van der Waals surface area contributed by atoms with E-state index < -0.39 is 9.84 Å². The maximum Gasteiger partial charge on any atom is 0.182 e. The summed E-state index contributed by atoms with van der Waals surface area (Å²) in [6, 6.07) is 7.91. The van der Waals surface area contributed by atoms with Gasteiger partial charge in [-0.05, 0) is 37.5 Å². The Morgan fingerprint density at radius 3 is 2.67 bits per heavy atom. The predicted octanol–water partition coefficient (Wildman–Crippen LogP) is 1.74. The Kier molecular flexibility index (Phi) is 3.16. The van der Waals surface area contributed by atoms with E-state index in [0.717, 1.165) is 30.3 Å². The van der Waals surface area contributed by atoms with Crippen molar-refractivity contribution in [3.05, 3.63) is 29.8 Å². The molecule has 1 aliphatic rings. The molecule has 1 saturated carbocycles. The molecule has 7 heteroatoms. The van der Waals surface area contributed by atoms with Gasteiger partial charge in [0.15, 0.2) is 20.6 Å². The van der Waals surface area contributed by atoms with Crippen molar-refractivity contribution in [3.63, 3.8) is 0 Å². The highest BCUT2D eigenvalue weighted by Crippen LogP contribution is 2.33. The van der Waals surface area contributed by atoms with E-state index in [1.807, 2.05) is 31.2 Å². The zero-order valence-corrected chi connectivity index (χ0v) is 12.8. The molecule has 0 spiro atoms. The fourth-order valence-electron chi connectivity index (χ4n) is 2.25. The number of nitrogens with zero attached hydrogens (tertiary/aromatic N) is 2. The normalized spacial score (nSPS) is 15.1. The van der Waals surface area contributed by atoms with Gasteiger partial charge in [-0.3, -0.25) is 0 Å². The van der Waals surface area contributed by atoms with Gasteiger partial charge in [0.05, 0.1) is 5.69 Å². The van der Waals surface area contributed by atoms with Crippen molar-refractivity contribution in [1.29, 1.82) is 0 Å². The minimum absolute atomic E-state index is 0.0795. The maximum atomic E-state index is 12.0. The number of nitrogens with two attached hydrogens (primary N) is 1. The molecule has 3 rings (SSSR count). The third kappa shape index (κ3) is 2.73. The van der Waals surface area contributed by atoms with Crippen molar-refractivity contribution >= 4 is 21.5 Å². The first-order chi connectivity index (χ1) is 9.86. The summed E-state index contributed by atoms with van der Waals surface area (Å²) in [5.41, 5.74) is 7.86. The lowest BCUT2D eigenvalue weighted by Gasteiger charge is -2.05. The van der Waals surface area contributed by atoms with Crippen LogP contribution in [0.4, 0.5) is 11.6 Å². The second kappa shape index (κ2) is 4.77. The Bertz CT molecular complexity index is 791. The highest BCUT2D eigenvalue weighted by atomic mass is 32.2. The van der Waals surface area contributed by atoms with Crippen LogP contribution in [0.15, 0.2) is 29.2 Å². The standard InChI is InChI=1S/C14H18N4O2S/c1-9-4-3-5-11(8-9)18-13(15)12(21(2,19)20)14(17-18)16-10-6-7-10/h3-5,8,10H,6-7,15H2,1-2H3,(H,16,17). The van der Waals surface area contributed by atoms with Crippen LogP contribution in [0.1, 0.15) is 18.4 Å². The summed E-state index contributed by atoms with van der Waals surface area (Å²) in [5.74, 6) is 0.491. The summed E-state index contributed by atoms with van der Waals surface area (Å²) in [4.78, 5) is 0.0795. The van der Waals surface area contributed by atoms with Crippen molar-refractivity contribution in [2.75, 3.05) is 17.3 Å². The number of rotatable bonds is 4. The summed E-state index contributed by atoms with van der Waals surface area (Å²) in [5, 5.41) is 7.51. The Morgan fingerprint density at radius 1 is 1.38 bits per heavy atom. The van der Waals surface area contributed by atoms with Gasteiger partial charge >= 0.3 is 0 Å². The minimum atomic E-state index is -3.45. The van der Waals surface area contributed by atoms with E-state index in [9.17, 15) is 8.42 Å². The van der Waals surface area contributed by atoms with Crippen LogP contribution in [0.5, 0.6) is 0 Å². The molecule has 21 heavy (non-hydrogen) atoms. The molecule has 1 heterocycles. The topological polar surface area (TPSA) is 90.0 Å². The number of nitrogen functional groups attached to an aromatic ring is 1. The minimum Gasteiger partial charge on any atom is -0.382 e. The van der Waals surface area contributed by atoms with Crippen LogP contribution >= 0.6 is 0 Å². The van der Waals surface area contributed by atoms with Gasteiger partial charge in [0.2, 0.25) is 0 Å². The number of aryl methyl sites for hydroxylation is 1. The number of sulfone groups is 1. The van der Waals surface area contributed by atoms with Gasteiger partial charge in [0.1, 0.15) is 5.82 Å². The number of nitrogens with one attached hydrogen (secondary N) is 1. The number of anilines is 2. The fraction of sp³-hybridized carbons (Fsp3) is 0.357. The molecule has 1 aliphatic carbocycles. The van der Waals surface area contributed by atoms with Crippen LogP contribution in [0.3, 0.4) is 0 Å². The van der Waals surface area contributed by atoms with Crippen LogP contribution in [-0.2, 0) is 9.84 Å². The molecule has 2 aromatic rings. The van der Waals surface area contributed by atoms with Crippen LogP contribution < -0.4 is 11.1 Å². The van der Waals surface area contributed by atoms with Crippen molar-refractivity contribution < 1.29 is 8.42 Å². The van der Waals surface area contributed by atoms with Gasteiger partial charge in [0.25, 0.3) is 0 Å². The molecule has 0 unspecified atom stereocenters. The zero-order valence-electron chi connectivity index (χ0n) is 12.0. The van der Waals surface area contributed by atoms with E-state index in [4.69, 9.17) is 5.73 Å². The highest BCUT2D eigenvalue weighted by Gasteiger charge is 2.29. The van der Waals surface area contributed by atoms with E-state index in [1.165, 1.54) is 4.68 Å². The molecule has 1 fully saturated rings. The Labute approximate surface area is 123 Å². The molecule has 112 valence electrons. The third-order valence-electron chi connectivity index (χ3n) is 3.41. The first-order valence-electron chi connectivity index (χ1n) is 6.78. The van der Waals surface area contributed by atoms with Gasteiger partial charge in [-0.25, -0.2) is 13.1 Å². The van der Waals surface area contributed by atoms with Gasteiger partial charge in [-0.15, -0.1) is 5.10 Å². The molecule has 0 bridgehead atoms. The lowest BCUT2D eigenvalue weighted by molar-refractivity contribution is 0.602. The Hall–Kier alpha value is -2.02. The van der Waals surface area contributed by atoms with Crippen molar-refractivity contribution in [3.8, 4) is 5.69 Å². The second-order valence-corrected chi connectivity index (χ2v) is 7.46. The Balaban J connectivity index is 2.15. The van der Waals surface area contributed by atoms with Crippen LogP contribution in [0.2, 0.25) is 0 Å². The van der Waals surface area contributed by atoms with Gasteiger partial charge in [0, 0.05) is 12.3 Å². The second-order valence-electron chi connectivity index (χ2n) is 5.50. The molecule has 0 radical (unpaired) electrons. The van der Waals surface area contributed by atoms with Gasteiger partial charge < -0.3 is 11.1 Å². The molecule has 0 amide bonds. The van der Waals surface area contributed by atoms with E-state index in [0.29, 0.717) is 11.9 Å². The summed E-state index contributed by atoms with van der Waals surface area (Å²) in [6.07, 6.45) is 3.21. The monoisotopic (exact) mass is 306 g/mol. The van der Waals surface area contributed by atoms with Crippen molar-refractivity contribution in [2.24, 2.45) is 0 Å². The molecule has 0 aliphatic heterocycles. The summed E-state index contributed by atoms with van der Waals surface area (Å²) >= 11 is 0. The quantitative estimate of drug-likeness (QED) is 0.898. The van der Waals surface area contributed by atoms with E-state index in [-0.39, 0.29) is 10.7 Å². The number of benzene rings is 1. The van der Waals surface area contributed by atoms with Crippen molar-refractivity contribution in [1.82, 2.24) is 9.78 Å². The summed E-state index contributed by atoms with van der Waals surface area (Å²) < 4.78 is 25.5. The zero-order chi connectivity index (χ0) is 15.2. The van der Waals surface area contributed by atoms with Crippen LogP contribution in [-0.4, -0.2) is 30.5 Å². The highest BCUT2D eigenvalue weighted by molar-refractivity contribution is 7.91. The third-order valence-corrected chi connectivity index (χ3v) is 4.56. The van der Waals surface area contributed by atoms with Crippen molar-refractivity contribution in [2.45, 2.75) is 30.7 Å².